The summed E-state index contributed by atoms with van der Waals surface area (Å²) in [7, 11) is 1.89. The third-order valence-electron chi connectivity index (χ3n) is 1.66. The van der Waals surface area contributed by atoms with Crippen LogP contribution < -0.4 is 5.73 Å². The predicted octanol–water partition coefficient (Wildman–Crippen LogP) is 0.996. The van der Waals surface area contributed by atoms with E-state index in [-0.39, 0.29) is 6.04 Å². The Kier molecular flexibility index (Phi) is 2.44. The third-order valence-corrected chi connectivity index (χ3v) is 1.66. The number of nitrogens with two attached hydrogens (primary N) is 1. The average Bonchev–Trinajstić information content (AvgIpc) is 2.36. The summed E-state index contributed by atoms with van der Waals surface area (Å²) in [5.74, 6) is 0. The molecule has 60 valence electrons. The van der Waals surface area contributed by atoms with Crippen LogP contribution in [0, 0.1) is 0 Å². The molecule has 0 aliphatic carbocycles. The zero-order valence-corrected chi connectivity index (χ0v) is 6.70. The van der Waals surface area contributed by atoms with Crippen LogP contribution in [-0.4, -0.2) is 9.78 Å². The maximum absolute atomic E-state index is 5.82. The van der Waals surface area contributed by atoms with Gasteiger partial charge in [-0.25, -0.2) is 0 Å². The molecule has 1 heterocycles. The number of rotatable bonds is 3. The van der Waals surface area contributed by atoms with Crippen LogP contribution in [0.3, 0.4) is 0 Å². The SMILES string of the molecule is C=CCC(N)c1ccnn1C. The fourth-order valence-electron chi connectivity index (χ4n) is 1.05. The Bertz CT molecular complexity index is 239. The molecule has 0 saturated heterocycles. The lowest BCUT2D eigenvalue weighted by Gasteiger charge is -2.08. The molecule has 0 spiro atoms. The van der Waals surface area contributed by atoms with Crippen molar-refractivity contribution in [2.75, 3.05) is 0 Å². The van der Waals surface area contributed by atoms with Crippen molar-refractivity contribution >= 4 is 0 Å². The molecular formula is C8H13N3. The Labute approximate surface area is 66.5 Å². The highest BCUT2D eigenvalue weighted by atomic mass is 15.3. The third kappa shape index (κ3) is 1.68. The lowest BCUT2D eigenvalue weighted by molar-refractivity contribution is 0.625. The first-order chi connectivity index (χ1) is 5.25. The minimum atomic E-state index is 0.0278. The monoisotopic (exact) mass is 151 g/mol. The molecule has 1 aromatic rings. The summed E-state index contributed by atoms with van der Waals surface area (Å²) in [5, 5.41) is 4.02. The second-order valence-corrected chi connectivity index (χ2v) is 2.51. The first-order valence-electron chi connectivity index (χ1n) is 3.60. The van der Waals surface area contributed by atoms with Gasteiger partial charge in [0, 0.05) is 13.2 Å². The molecule has 1 aromatic heterocycles. The van der Waals surface area contributed by atoms with E-state index < -0.39 is 0 Å². The molecule has 0 amide bonds. The van der Waals surface area contributed by atoms with Gasteiger partial charge in [0.05, 0.1) is 11.7 Å². The van der Waals surface area contributed by atoms with E-state index in [1.165, 1.54) is 0 Å². The predicted molar refractivity (Wildman–Crippen MR) is 45.0 cm³/mol. The van der Waals surface area contributed by atoms with E-state index in [0.29, 0.717) is 0 Å². The summed E-state index contributed by atoms with van der Waals surface area (Å²) in [6.45, 7) is 3.63. The van der Waals surface area contributed by atoms with Crippen molar-refractivity contribution in [3.05, 3.63) is 30.6 Å². The molecule has 3 heteroatoms. The number of nitrogens with zero attached hydrogens (tertiary/aromatic N) is 2. The van der Waals surface area contributed by atoms with Crippen LogP contribution in [0.4, 0.5) is 0 Å². The molecule has 0 aliphatic rings. The lowest BCUT2D eigenvalue weighted by Crippen LogP contribution is -2.13. The van der Waals surface area contributed by atoms with Gasteiger partial charge in [-0.05, 0) is 12.5 Å². The molecule has 1 unspecified atom stereocenters. The molecule has 0 fully saturated rings. The zero-order valence-electron chi connectivity index (χ0n) is 6.70. The van der Waals surface area contributed by atoms with E-state index in [1.807, 2.05) is 19.2 Å². The van der Waals surface area contributed by atoms with Crippen LogP contribution in [0.2, 0.25) is 0 Å². The molecule has 0 aliphatic heterocycles. The summed E-state index contributed by atoms with van der Waals surface area (Å²) in [6.07, 6.45) is 4.36. The smallest absolute Gasteiger partial charge is 0.0551 e. The summed E-state index contributed by atoms with van der Waals surface area (Å²) in [4.78, 5) is 0. The second kappa shape index (κ2) is 3.34. The molecule has 2 N–H and O–H groups in total. The van der Waals surface area contributed by atoms with Crippen LogP contribution in [0.15, 0.2) is 24.9 Å². The Hall–Kier alpha value is -1.09. The second-order valence-electron chi connectivity index (χ2n) is 2.51. The fourth-order valence-corrected chi connectivity index (χ4v) is 1.05. The molecule has 0 radical (unpaired) electrons. The van der Waals surface area contributed by atoms with Gasteiger partial charge in [0.1, 0.15) is 0 Å². The Morgan fingerprint density at radius 3 is 3.09 bits per heavy atom. The topological polar surface area (TPSA) is 43.8 Å². The van der Waals surface area contributed by atoms with Crippen molar-refractivity contribution in [2.45, 2.75) is 12.5 Å². The quantitative estimate of drug-likeness (QED) is 0.655. The summed E-state index contributed by atoms with van der Waals surface area (Å²) < 4.78 is 1.79. The Balaban J connectivity index is 2.74. The summed E-state index contributed by atoms with van der Waals surface area (Å²) in [5.41, 5.74) is 6.86. The van der Waals surface area contributed by atoms with E-state index >= 15 is 0 Å². The number of aryl methyl sites for hydroxylation is 1. The lowest BCUT2D eigenvalue weighted by atomic mass is 10.1. The van der Waals surface area contributed by atoms with Crippen molar-refractivity contribution in [1.29, 1.82) is 0 Å². The zero-order chi connectivity index (χ0) is 8.27. The van der Waals surface area contributed by atoms with Crippen molar-refractivity contribution in [3.8, 4) is 0 Å². The first-order valence-corrected chi connectivity index (χ1v) is 3.60. The van der Waals surface area contributed by atoms with Gasteiger partial charge in [0.2, 0.25) is 0 Å². The van der Waals surface area contributed by atoms with Gasteiger partial charge in [0.25, 0.3) is 0 Å². The minimum Gasteiger partial charge on any atom is -0.322 e. The maximum atomic E-state index is 5.82. The maximum Gasteiger partial charge on any atom is 0.0551 e. The Morgan fingerprint density at radius 1 is 1.91 bits per heavy atom. The van der Waals surface area contributed by atoms with Crippen molar-refractivity contribution < 1.29 is 0 Å². The highest BCUT2D eigenvalue weighted by Crippen LogP contribution is 2.11. The van der Waals surface area contributed by atoms with Crippen LogP contribution in [-0.2, 0) is 7.05 Å². The summed E-state index contributed by atoms with van der Waals surface area (Å²) in [6, 6.07) is 1.95. The molecule has 0 bridgehead atoms. The average molecular weight is 151 g/mol. The molecule has 0 aromatic carbocycles. The van der Waals surface area contributed by atoms with Gasteiger partial charge >= 0.3 is 0 Å². The van der Waals surface area contributed by atoms with Crippen LogP contribution in [0.1, 0.15) is 18.2 Å². The molecule has 0 saturated carbocycles. The fraction of sp³-hybridized carbons (Fsp3) is 0.375. The number of aromatic nitrogens is 2. The Morgan fingerprint density at radius 2 is 2.64 bits per heavy atom. The van der Waals surface area contributed by atoms with Gasteiger partial charge in [-0.1, -0.05) is 6.08 Å². The highest BCUT2D eigenvalue weighted by Gasteiger charge is 2.06. The standard InChI is InChI=1S/C8H13N3/c1-3-4-7(9)8-5-6-10-11(8)2/h3,5-7H,1,4,9H2,2H3. The molecule has 3 nitrogen and oxygen atoms in total. The molecule has 1 rings (SSSR count). The van der Waals surface area contributed by atoms with Crippen molar-refractivity contribution in [3.63, 3.8) is 0 Å². The summed E-state index contributed by atoms with van der Waals surface area (Å²) >= 11 is 0. The normalized spacial score (nSPS) is 12.9. The van der Waals surface area contributed by atoms with E-state index in [0.717, 1.165) is 12.1 Å². The van der Waals surface area contributed by atoms with E-state index in [1.54, 1.807) is 10.9 Å². The van der Waals surface area contributed by atoms with Gasteiger partial charge < -0.3 is 5.73 Å². The van der Waals surface area contributed by atoms with Gasteiger partial charge in [-0.2, -0.15) is 5.10 Å². The van der Waals surface area contributed by atoms with Crippen LogP contribution in [0.5, 0.6) is 0 Å². The number of hydrogen-bond acceptors (Lipinski definition) is 2. The van der Waals surface area contributed by atoms with E-state index in [2.05, 4.69) is 11.7 Å². The molecule has 11 heavy (non-hydrogen) atoms. The van der Waals surface area contributed by atoms with Gasteiger partial charge in [-0.15, -0.1) is 6.58 Å². The largest absolute Gasteiger partial charge is 0.322 e. The highest BCUT2D eigenvalue weighted by molar-refractivity contribution is 5.06. The molecule has 1 atom stereocenters. The van der Waals surface area contributed by atoms with Crippen LogP contribution in [0.25, 0.3) is 0 Å². The van der Waals surface area contributed by atoms with Gasteiger partial charge in [0.15, 0.2) is 0 Å². The minimum absolute atomic E-state index is 0.0278. The molecular weight excluding hydrogens is 138 g/mol. The van der Waals surface area contributed by atoms with Crippen LogP contribution >= 0.6 is 0 Å². The number of hydrogen-bond donors (Lipinski definition) is 1. The van der Waals surface area contributed by atoms with Crippen molar-refractivity contribution in [2.24, 2.45) is 12.8 Å². The van der Waals surface area contributed by atoms with Crippen molar-refractivity contribution in [1.82, 2.24) is 9.78 Å². The first kappa shape index (κ1) is 8.01. The van der Waals surface area contributed by atoms with Gasteiger partial charge in [-0.3, -0.25) is 4.68 Å². The van der Waals surface area contributed by atoms with E-state index in [4.69, 9.17) is 5.73 Å². The van der Waals surface area contributed by atoms with E-state index in [9.17, 15) is 0 Å².